The molecule has 0 amide bonds. The molecule has 474 valence electrons. The molecule has 0 spiro atoms. The minimum Gasteiger partial charge on any atom is -0.454 e. The molecule has 0 aliphatic rings. The van der Waals surface area contributed by atoms with Crippen molar-refractivity contribution in [1.82, 2.24) is 59.8 Å². The maximum atomic E-state index is 12.7. The maximum absolute atomic E-state index is 12.7. The molecule has 30 heteroatoms. The Bertz CT molecular complexity index is 4410. The maximum Gasteiger partial charge on any atom is 0.419 e. The molecule has 6 aromatic heterocycles. The number of para-hydroxylation sites is 3. The zero-order chi connectivity index (χ0) is 66.5. The molecule has 12 aromatic rings. The van der Waals surface area contributed by atoms with Crippen molar-refractivity contribution in [2.24, 2.45) is 0 Å². The summed E-state index contributed by atoms with van der Waals surface area (Å²) in [7, 11) is 0. The van der Waals surface area contributed by atoms with Crippen molar-refractivity contribution in [3.05, 3.63) is 300 Å². The van der Waals surface area contributed by atoms with Gasteiger partial charge in [-0.3, -0.25) is 0 Å². The Hall–Kier alpha value is -13.4. The van der Waals surface area contributed by atoms with E-state index in [9.17, 15) is 41.9 Å². The molecule has 6 heterocycles. The summed E-state index contributed by atoms with van der Waals surface area (Å²) in [6, 6.07) is 41.1. The first-order valence-electron chi connectivity index (χ1n) is 26.9. The summed E-state index contributed by atoms with van der Waals surface area (Å²) >= 11 is 0. The van der Waals surface area contributed by atoms with Gasteiger partial charge in [0.1, 0.15) is 34.5 Å². The van der Waals surface area contributed by atoms with Gasteiger partial charge in [0.15, 0.2) is 34.5 Å². The van der Waals surface area contributed by atoms with Crippen LogP contribution in [0.4, 0.5) is 30.2 Å². The molecule has 0 aliphatic heterocycles. The highest BCUT2D eigenvalue weighted by Crippen LogP contribution is 2.37. The first-order valence-corrected chi connectivity index (χ1v) is 26.9. The second-order valence-corrected chi connectivity index (χ2v) is 18.4. The number of nitrogens with zero attached hydrogens (tertiary/aromatic N) is 6. The van der Waals surface area contributed by atoms with Gasteiger partial charge in [0.25, 0.3) is 0 Å². The van der Waals surface area contributed by atoms with Crippen LogP contribution in [0.3, 0.4) is 0 Å². The number of aromatic nitrogens is 12. The molecular weight excluding hydrogens is 1220 g/mol. The molecule has 0 atom stereocenters. The van der Waals surface area contributed by atoms with Crippen molar-refractivity contribution in [2.75, 3.05) is 17.2 Å². The minimum atomic E-state index is -4.51. The standard InChI is InChI=1S/C11H7F3N2O2.2C11H10N2O2.3C10H9N3O2/c12-11(13,14)8-3-1-2-4-9(8)18-7-5-15-10(17)16-6-7;1-8-2-4-9(5-3-8)15-10-6-12-11(14)13-7-10;1-8-3-2-4-9(5-8)15-10-6-12-11(14)13-7-10;11-7-1-3-8(4-2-7)15-9-5-12-10(14)13-6-9;11-7-2-1-3-8(4-7)15-9-5-12-10(14)13-6-9;11-8-3-1-2-4-9(8)15-7-5-12-10(14)13-6-7/h1-6H,(H,15,16,17);2*2-7H,1H3,(H,12,13,14);3*1-6H,11H2,(H,12,13,14). The highest BCUT2D eigenvalue weighted by Gasteiger charge is 2.34. The molecule has 0 bridgehead atoms. The van der Waals surface area contributed by atoms with Crippen LogP contribution in [-0.2, 0) is 6.18 Å². The largest absolute Gasteiger partial charge is 0.454 e. The number of benzene rings is 6. The van der Waals surface area contributed by atoms with Gasteiger partial charge in [-0.05, 0) is 104 Å². The molecule has 12 rings (SSSR count). The third-order valence-electron chi connectivity index (χ3n) is 11.1. The Morgan fingerprint density at radius 2 is 0.667 bits per heavy atom. The lowest BCUT2D eigenvalue weighted by atomic mass is 10.2. The number of hydrogen-bond acceptors (Lipinski definition) is 21. The van der Waals surface area contributed by atoms with Crippen molar-refractivity contribution in [3.8, 4) is 69.0 Å². The van der Waals surface area contributed by atoms with E-state index >= 15 is 0 Å². The Kier molecular flexibility index (Phi) is 24.3. The molecule has 12 N–H and O–H groups in total. The molecule has 0 aliphatic carbocycles. The first kappa shape index (κ1) is 67.1. The van der Waals surface area contributed by atoms with E-state index < -0.39 is 34.5 Å². The Labute approximate surface area is 522 Å². The van der Waals surface area contributed by atoms with Gasteiger partial charge in [-0.2, -0.15) is 43.1 Å². The summed E-state index contributed by atoms with van der Waals surface area (Å²) in [5.74, 6) is 5.28. The lowest BCUT2D eigenvalue weighted by molar-refractivity contribution is -0.138. The predicted octanol–water partition coefficient (Wildman–Crippen LogP) is 9.76. The molecule has 93 heavy (non-hydrogen) atoms. The van der Waals surface area contributed by atoms with E-state index in [0.717, 1.165) is 35.5 Å². The van der Waals surface area contributed by atoms with Gasteiger partial charge >= 0.3 is 40.3 Å². The molecule has 0 unspecified atom stereocenters. The van der Waals surface area contributed by atoms with Gasteiger partial charge in [0.05, 0.1) is 85.6 Å². The highest BCUT2D eigenvalue weighted by molar-refractivity contribution is 5.53. The molecule has 0 saturated heterocycles. The van der Waals surface area contributed by atoms with Gasteiger partial charge in [-0.15, -0.1) is 0 Å². The summed E-state index contributed by atoms with van der Waals surface area (Å²) in [5.41, 5.74) is 17.4. The van der Waals surface area contributed by atoms with Crippen LogP contribution in [0.15, 0.2) is 249 Å². The summed E-state index contributed by atoms with van der Waals surface area (Å²) in [6.45, 7) is 3.99. The van der Waals surface area contributed by atoms with Crippen molar-refractivity contribution in [3.63, 3.8) is 0 Å². The van der Waals surface area contributed by atoms with Gasteiger partial charge in [0, 0.05) is 17.4 Å². The van der Waals surface area contributed by atoms with Crippen molar-refractivity contribution in [1.29, 1.82) is 0 Å². The van der Waals surface area contributed by atoms with E-state index in [0.29, 0.717) is 63.1 Å². The number of nitrogen functional groups attached to an aromatic ring is 3. The Morgan fingerprint density at radius 1 is 0.323 bits per heavy atom. The predicted molar refractivity (Wildman–Crippen MR) is 336 cm³/mol. The molecule has 27 nitrogen and oxygen atoms in total. The van der Waals surface area contributed by atoms with E-state index in [1.54, 1.807) is 60.7 Å². The number of hydrogen-bond donors (Lipinski definition) is 9. The van der Waals surface area contributed by atoms with Crippen molar-refractivity contribution >= 4 is 17.1 Å². The number of halogens is 3. The number of H-pyrrole nitrogens is 6. The van der Waals surface area contributed by atoms with E-state index in [1.807, 2.05) is 74.5 Å². The zero-order valence-corrected chi connectivity index (χ0v) is 48.7. The fraction of sp³-hybridized carbons (Fsp3) is 0.0476. The smallest absolute Gasteiger partial charge is 0.419 e. The SMILES string of the molecule is Cc1ccc(Oc2cnc(=O)[nH]c2)cc1.Cc1cccc(Oc2cnc(=O)[nH]c2)c1.Nc1ccc(Oc2cnc(=O)[nH]c2)cc1.Nc1cccc(Oc2cnc(=O)[nH]c2)c1.Nc1ccccc1Oc1cnc(=O)[nH]c1.O=c1ncc(Oc2ccccc2C(F)(F)F)c[nH]1. The minimum absolute atomic E-state index is 0.0197. The van der Waals surface area contributed by atoms with Crippen LogP contribution in [-0.4, -0.2) is 59.8 Å². The Balaban J connectivity index is 0.000000158. The molecule has 6 aromatic carbocycles. The Morgan fingerprint density at radius 3 is 1.04 bits per heavy atom. The molecule has 0 saturated carbocycles. The topological polar surface area (TPSA) is 408 Å². The third kappa shape index (κ3) is 24.0. The summed E-state index contributed by atoms with van der Waals surface area (Å²) in [4.78, 5) is 99.5. The normalized spacial score (nSPS) is 10.2. The zero-order valence-electron chi connectivity index (χ0n) is 48.7. The monoisotopic (exact) mass is 1270 g/mol. The van der Waals surface area contributed by atoms with E-state index in [-0.39, 0.29) is 22.9 Å². The van der Waals surface area contributed by atoms with Gasteiger partial charge in [-0.1, -0.05) is 60.2 Å². The fourth-order valence-electron chi connectivity index (χ4n) is 6.87. The van der Waals surface area contributed by atoms with Crippen LogP contribution in [0, 0.1) is 13.8 Å². The molecule has 0 radical (unpaired) electrons. The summed E-state index contributed by atoms with van der Waals surface area (Å²) in [5, 5.41) is 0. The number of nitrogens with two attached hydrogens (primary N) is 3. The number of rotatable bonds is 12. The van der Waals surface area contributed by atoms with Crippen LogP contribution in [0.25, 0.3) is 0 Å². The summed E-state index contributed by atoms with van der Waals surface area (Å²) < 4.78 is 70.2. The average molecular weight is 1270 g/mol. The lowest BCUT2D eigenvalue weighted by Crippen LogP contribution is -2.09. The number of anilines is 3. The number of ether oxygens (including phenoxy) is 6. The molecule has 0 fully saturated rings. The highest BCUT2D eigenvalue weighted by atomic mass is 19.4. The van der Waals surface area contributed by atoms with Crippen LogP contribution in [0.5, 0.6) is 69.0 Å². The number of aromatic amines is 6. The second-order valence-electron chi connectivity index (χ2n) is 18.4. The summed E-state index contributed by atoms with van der Waals surface area (Å²) in [6.07, 6.45) is 11.8. The lowest BCUT2D eigenvalue weighted by Gasteiger charge is -2.12. The van der Waals surface area contributed by atoms with Crippen LogP contribution >= 0.6 is 0 Å². The van der Waals surface area contributed by atoms with Crippen LogP contribution in [0.2, 0.25) is 0 Å². The average Bonchev–Trinajstić information content (AvgIpc) is 0.972. The second kappa shape index (κ2) is 33.6. The number of aryl methyl sites for hydroxylation is 2. The van der Waals surface area contributed by atoms with Crippen LogP contribution in [0.1, 0.15) is 16.7 Å². The van der Waals surface area contributed by atoms with E-state index in [4.69, 9.17) is 45.6 Å². The van der Waals surface area contributed by atoms with E-state index in [2.05, 4.69) is 59.8 Å². The van der Waals surface area contributed by atoms with Gasteiger partial charge < -0.3 is 75.5 Å². The van der Waals surface area contributed by atoms with E-state index in [1.165, 1.54) is 85.7 Å². The fourth-order valence-corrected chi connectivity index (χ4v) is 6.87. The first-order chi connectivity index (χ1) is 44.7. The van der Waals surface area contributed by atoms with Crippen molar-refractivity contribution < 1.29 is 41.6 Å². The molecular formula is C63H54F3N15O12. The number of alkyl halides is 3. The number of nitrogens with one attached hydrogen (secondary N) is 6. The van der Waals surface area contributed by atoms with Crippen LogP contribution < -0.4 is 79.8 Å². The van der Waals surface area contributed by atoms with Gasteiger partial charge in [0.2, 0.25) is 0 Å². The quantitative estimate of drug-likeness (QED) is 0.0513. The van der Waals surface area contributed by atoms with Crippen molar-refractivity contribution in [2.45, 2.75) is 20.0 Å². The third-order valence-corrected chi connectivity index (χ3v) is 11.1. The van der Waals surface area contributed by atoms with Gasteiger partial charge in [-0.25, -0.2) is 28.8 Å².